The molecule has 0 saturated heterocycles. The summed E-state index contributed by atoms with van der Waals surface area (Å²) in [6.07, 6.45) is 0.505. The minimum absolute atomic E-state index is 0.108. The van der Waals surface area contributed by atoms with Crippen molar-refractivity contribution in [3.8, 4) is 0 Å². The van der Waals surface area contributed by atoms with Gasteiger partial charge in [-0.25, -0.2) is 0 Å². The molecule has 0 bridgehead atoms. The smallest absolute Gasteiger partial charge is 0.207 e. The Bertz CT molecular complexity index is 384. The van der Waals surface area contributed by atoms with E-state index in [1.165, 1.54) is 0 Å². The molecule has 0 radical (unpaired) electrons. The van der Waals surface area contributed by atoms with Gasteiger partial charge in [0.2, 0.25) is 5.78 Å². The summed E-state index contributed by atoms with van der Waals surface area (Å²) < 4.78 is 1.05. The highest BCUT2D eigenvalue weighted by molar-refractivity contribution is 14.1. The van der Waals surface area contributed by atoms with Crippen LogP contribution in [0.2, 0.25) is 0 Å². The molecule has 1 aromatic carbocycles. The first kappa shape index (κ1) is 7.91. The Hall–Kier alpha value is -0.710. The van der Waals surface area contributed by atoms with Gasteiger partial charge in [-0.1, -0.05) is 6.07 Å². The second-order valence-corrected chi connectivity index (χ2v) is 4.03. The van der Waals surface area contributed by atoms with Gasteiger partial charge in [0.05, 0.1) is 5.71 Å². The summed E-state index contributed by atoms with van der Waals surface area (Å²) in [5.41, 5.74) is 1.92. The number of benzene rings is 1. The highest BCUT2D eigenvalue weighted by Crippen LogP contribution is 2.21. The number of halogens is 1. The fourth-order valence-corrected chi connectivity index (χ4v) is 1.84. The number of Topliss-reactive ketones (excluding diaryl/α,β-unsaturated/α-hetero) is 1. The summed E-state index contributed by atoms with van der Waals surface area (Å²) in [7, 11) is 0. The van der Waals surface area contributed by atoms with E-state index in [1.54, 1.807) is 0 Å². The molecule has 0 atom stereocenters. The van der Waals surface area contributed by atoms with Crippen LogP contribution in [0, 0.1) is 8.98 Å². The largest absolute Gasteiger partial charge is 0.301 e. The van der Waals surface area contributed by atoms with Gasteiger partial charge in [0.15, 0.2) is 0 Å². The van der Waals surface area contributed by atoms with Crippen LogP contribution in [0.4, 0.5) is 0 Å². The first-order chi connectivity index (χ1) is 5.68. The summed E-state index contributed by atoms with van der Waals surface area (Å²) in [6.45, 7) is 0. The fraction of sp³-hybridized carbons (Fsp3) is 0.111. The summed E-state index contributed by atoms with van der Waals surface area (Å²) >= 11 is 2.17. The number of carbonyl (C=O) groups is 1. The number of rotatable bonds is 0. The number of hydrogen-bond donors (Lipinski definition) is 1. The molecule has 0 spiro atoms. The lowest BCUT2D eigenvalue weighted by Gasteiger charge is -1.95. The maximum atomic E-state index is 11.3. The average Bonchev–Trinajstić information content (AvgIpc) is 2.31. The van der Waals surface area contributed by atoms with E-state index < -0.39 is 0 Å². The Morgan fingerprint density at radius 3 is 2.92 bits per heavy atom. The molecule has 1 aromatic rings. The van der Waals surface area contributed by atoms with E-state index in [4.69, 9.17) is 5.41 Å². The molecule has 3 heteroatoms. The van der Waals surface area contributed by atoms with Crippen molar-refractivity contribution >= 4 is 34.1 Å². The number of hydrogen-bond acceptors (Lipinski definition) is 2. The zero-order valence-electron chi connectivity index (χ0n) is 6.23. The third-order valence-corrected chi connectivity index (χ3v) is 2.63. The molecule has 60 valence electrons. The quantitative estimate of drug-likeness (QED) is 0.721. The standard InChI is InChI=1S/C9H6INO/c10-6-2-1-5-3-8(11)9(12)7(5)4-6/h1-2,4,11H,3H2. The molecule has 0 heterocycles. The lowest BCUT2D eigenvalue weighted by molar-refractivity contribution is 0.106. The van der Waals surface area contributed by atoms with Gasteiger partial charge in [-0.15, -0.1) is 0 Å². The van der Waals surface area contributed by atoms with E-state index in [0.29, 0.717) is 12.0 Å². The fourth-order valence-electron chi connectivity index (χ4n) is 1.35. The maximum Gasteiger partial charge on any atom is 0.207 e. The molecule has 1 aliphatic rings. The van der Waals surface area contributed by atoms with Crippen molar-refractivity contribution < 1.29 is 4.79 Å². The third-order valence-electron chi connectivity index (χ3n) is 1.96. The first-order valence-corrected chi connectivity index (χ1v) is 4.67. The predicted molar refractivity (Wildman–Crippen MR) is 54.9 cm³/mol. The number of fused-ring (bicyclic) bond motifs is 1. The Morgan fingerprint density at radius 2 is 2.17 bits per heavy atom. The second kappa shape index (κ2) is 2.65. The van der Waals surface area contributed by atoms with Gasteiger partial charge < -0.3 is 5.41 Å². The molecule has 0 fully saturated rings. The van der Waals surface area contributed by atoms with Crippen molar-refractivity contribution in [2.75, 3.05) is 0 Å². The number of ketones is 1. The van der Waals surface area contributed by atoms with Crippen LogP contribution in [0.15, 0.2) is 18.2 Å². The molecule has 0 saturated carbocycles. The molecule has 12 heavy (non-hydrogen) atoms. The lowest BCUT2D eigenvalue weighted by atomic mass is 10.1. The van der Waals surface area contributed by atoms with Crippen molar-refractivity contribution in [2.45, 2.75) is 6.42 Å². The van der Waals surface area contributed by atoms with Gasteiger partial charge in [-0.3, -0.25) is 4.79 Å². The molecule has 0 unspecified atom stereocenters. The number of nitrogens with one attached hydrogen (secondary N) is 1. The van der Waals surface area contributed by atoms with Crippen molar-refractivity contribution in [3.05, 3.63) is 32.9 Å². The van der Waals surface area contributed by atoms with Crippen molar-refractivity contribution in [1.82, 2.24) is 0 Å². The monoisotopic (exact) mass is 271 g/mol. The summed E-state index contributed by atoms with van der Waals surface area (Å²) in [4.78, 5) is 11.3. The molecule has 0 aromatic heterocycles. The summed E-state index contributed by atoms with van der Waals surface area (Å²) in [5, 5.41) is 7.36. The van der Waals surface area contributed by atoms with E-state index in [2.05, 4.69) is 22.6 Å². The van der Waals surface area contributed by atoms with Crippen LogP contribution in [-0.2, 0) is 6.42 Å². The highest BCUT2D eigenvalue weighted by atomic mass is 127. The van der Waals surface area contributed by atoms with E-state index in [1.807, 2.05) is 18.2 Å². The van der Waals surface area contributed by atoms with Crippen LogP contribution in [0.25, 0.3) is 0 Å². The summed E-state index contributed by atoms with van der Waals surface area (Å²) in [6, 6.07) is 5.74. The molecular formula is C9H6INO. The molecule has 2 nitrogen and oxygen atoms in total. The van der Waals surface area contributed by atoms with Crippen molar-refractivity contribution in [1.29, 1.82) is 5.41 Å². The van der Waals surface area contributed by atoms with Gasteiger partial charge >= 0.3 is 0 Å². The van der Waals surface area contributed by atoms with Gasteiger partial charge in [0.1, 0.15) is 0 Å². The Labute approximate surface area is 83.6 Å². The predicted octanol–water partition coefficient (Wildman–Crippen LogP) is 2.05. The van der Waals surface area contributed by atoms with Crippen LogP contribution in [0.3, 0.4) is 0 Å². The maximum absolute atomic E-state index is 11.3. The highest BCUT2D eigenvalue weighted by Gasteiger charge is 2.24. The van der Waals surface area contributed by atoms with Crippen LogP contribution in [0.1, 0.15) is 15.9 Å². The SMILES string of the molecule is N=C1Cc2ccc(I)cc2C1=O. The Kier molecular flexibility index (Phi) is 1.75. The van der Waals surface area contributed by atoms with E-state index in [0.717, 1.165) is 9.13 Å². The first-order valence-electron chi connectivity index (χ1n) is 3.59. The minimum Gasteiger partial charge on any atom is -0.301 e. The van der Waals surface area contributed by atoms with Crippen LogP contribution >= 0.6 is 22.6 Å². The molecule has 0 aliphatic heterocycles. The average molecular weight is 271 g/mol. The van der Waals surface area contributed by atoms with Crippen LogP contribution in [0.5, 0.6) is 0 Å². The number of carbonyl (C=O) groups excluding carboxylic acids is 1. The second-order valence-electron chi connectivity index (χ2n) is 2.79. The van der Waals surface area contributed by atoms with E-state index >= 15 is 0 Å². The Morgan fingerprint density at radius 1 is 1.42 bits per heavy atom. The summed E-state index contributed by atoms with van der Waals surface area (Å²) in [5.74, 6) is -0.108. The van der Waals surface area contributed by atoms with Crippen molar-refractivity contribution in [3.63, 3.8) is 0 Å². The molecule has 1 N–H and O–H groups in total. The van der Waals surface area contributed by atoms with Crippen LogP contribution < -0.4 is 0 Å². The topological polar surface area (TPSA) is 40.9 Å². The molecule has 0 amide bonds. The minimum atomic E-state index is -0.108. The van der Waals surface area contributed by atoms with Crippen molar-refractivity contribution in [2.24, 2.45) is 0 Å². The van der Waals surface area contributed by atoms with Gasteiger partial charge in [0, 0.05) is 15.6 Å². The molecule has 2 rings (SSSR count). The van der Waals surface area contributed by atoms with Gasteiger partial charge in [-0.2, -0.15) is 0 Å². The molecule has 1 aliphatic carbocycles. The zero-order chi connectivity index (χ0) is 8.72. The van der Waals surface area contributed by atoms with E-state index in [-0.39, 0.29) is 11.5 Å². The van der Waals surface area contributed by atoms with Gasteiger partial charge in [-0.05, 0) is 40.3 Å². The Balaban J connectivity index is 2.63. The van der Waals surface area contributed by atoms with E-state index in [9.17, 15) is 4.79 Å². The molecular weight excluding hydrogens is 265 g/mol. The van der Waals surface area contributed by atoms with Gasteiger partial charge in [0.25, 0.3) is 0 Å². The lowest BCUT2D eigenvalue weighted by Crippen LogP contribution is -2.04. The normalized spacial score (nSPS) is 15.1. The van der Waals surface area contributed by atoms with Crippen LogP contribution in [-0.4, -0.2) is 11.5 Å². The third kappa shape index (κ3) is 1.08. The zero-order valence-corrected chi connectivity index (χ0v) is 8.38.